The molecule has 1 aliphatic rings. The molecular weight excluding hydrogens is 324 g/mol. The fourth-order valence-electron chi connectivity index (χ4n) is 3.38. The summed E-state index contributed by atoms with van der Waals surface area (Å²) in [7, 11) is 0. The van der Waals surface area contributed by atoms with Crippen molar-refractivity contribution < 1.29 is 9.59 Å². The third-order valence-electron chi connectivity index (χ3n) is 4.88. The maximum Gasteiger partial charge on any atom is 0.254 e. The van der Waals surface area contributed by atoms with E-state index in [-0.39, 0.29) is 11.7 Å². The zero-order chi connectivity index (χ0) is 18.1. The molecule has 2 aromatic carbocycles. The summed E-state index contributed by atoms with van der Waals surface area (Å²) in [5.41, 5.74) is 4.65. The molecule has 0 unspecified atom stereocenters. The van der Waals surface area contributed by atoms with Gasteiger partial charge < -0.3 is 9.47 Å². The highest BCUT2D eigenvalue weighted by atomic mass is 16.2. The van der Waals surface area contributed by atoms with Crippen molar-refractivity contribution in [3.63, 3.8) is 0 Å². The average Bonchev–Trinajstić information content (AvgIpc) is 3.12. The van der Waals surface area contributed by atoms with E-state index in [0.29, 0.717) is 24.2 Å². The van der Waals surface area contributed by atoms with Crippen LogP contribution in [0.15, 0.2) is 66.9 Å². The highest BCUT2D eigenvalue weighted by Crippen LogP contribution is 2.22. The van der Waals surface area contributed by atoms with Gasteiger partial charge in [0.25, 0.3) is 5.91 Å². The van der Waals surface area contributed by atoms with Gasteiger partial charge in [0.2, 0.25) is 0 Å². The number of carbonyl (C=O) groups excluding carboxylic acids is 2. The molecule has 0 N–H and O–H groups in total. The maximum atomic E-state index is 12.8. The van der Waals surface area contributed by atoms with Crippen LogP contribution in [0.25, 0.3) is 11.1 Å². The van der Waals surface area contributed by atoms with Crippen LogP contribution in [0.2, 0.25) is 0 Å². The van der Waals surface area contributed by atoms with E-state index in [1.807, 2.05) is 59.6 Å². The Morgan fingerprint density at radius 2 is 1.54 bits per heavy atom. The molecule has 2 heterocycles. The lowest BCUT2D eigenvalue weighted by atomic mass is 10.0. The number of amides is 1. The maximum absolute atomic E-state index is 12.8. The molecule has 0 saturated carbocycles. The van der Waals surface area contributed by atoms with Gasteiger partial charge in [-0.2, -0.15) is 0 Å². The lowest BCUT2D eigenvalue weighted by molar-refractivity contribution is 0.0711. The second-order valence-electron chi connectivity index (χ2n) is 6.64. The standard InChI is InChI=1S/C22H20N2O2/c1-16(25)20-13-21-15-24(12-11-23(21)14-20)22(26)19-9-7-18(8-10-19)17-5-3-2-4-6-17/h2-10,13-14H,11-12,15H2,1H3. The van der Waals surface area contributed by atoms with Gasteiger partial charge in [0.15, 0.2) is 5.78 Å². The van der Waals surface area contributed by atoms with Crippen LogP contribution in [0.5, 0.6) is 0 Å². The van der Waals surface area contributed by atoms with Crippen LogP contribution in [0.3, 0.4) is 0 Å². The van der Waals surface area contributed by atoms with Gasteiger partial charge in [-0.3, -0.25) is 9.59 Å². The Morgan fingerprint density at radius 1 is 0.846 bits per heavy atom. The van der Waals surface area contributed by atoms with Crippen molar-refractivity contribution in [3.8, 4) is 11.1 Å². The number of carbonyl (C=O) groups is 2. The number of rotatable bonds is 3. The fraction of sp³-hybridized carbons (Fsp3) is 0.182. The number of benzene rings is 2. The molecule has 4 rings (SSSR count). The van der Waals surface area contributed by atoms with Gasteiger partial charge in [-0.1, -0.05) is 42.5 Å². The topological polar surface area (TPSA) is 42.3 Å². The Hall–Kier alpha value is -3.14. The molecule has 0 spiro atoms. The average molecular weight is 344 g/mol. The Bertz CT molecular complexity index is 956. The van der Waals surface area contributed by atoms with Crippen molar-refractivity contribution in [2.45, 2.75) is 20.0 Å². The van der Waals surface area contributed by atoms with Gasteiger partial charge in [-0.05, 0) is 36.2 Å². The zero-order valence-corrected chi connectivity index (χ0v) is 14.7. The van der Waals surface area contributed by atoms with Crippen molar-refractivity contribution in [1.29, 1.82) is 0 Å². The minimum absolute atomic E-state index is 0.0291. The predicted molar refractivity (Wildman–Crippen MR) is 101 cm³/mol. The van der Waals surface area contributed by atoms with Gasteiger partial charge in [-0.15, -0.1) is 0 Å². The van der Waals surface area contributed by atoms with Crippen molar-refractivity contribution in [2.24, 2.45) is 0 Å². The summed E-state index contributed by atoms with van der Waals surface area (Å²) in [5.74, 6) is 0.0858. The highest BCUT2D eigenvalue weighted by Gasteiger charge is 2.23. The summed E-state index contributed by atoms with van der Waals surface area (Å²) in [5, 5.41) is 0. The monoisotopic (exact) mass is 344 g/mol. The number of Topliss-reactive ketones (excluding diaryl/α,β-unsaturated/α-hetero) is 1. The Morgan fingerprint density at radius 3 is 2.23 bits per heavy atom. The summed E-state index contributed by atoms with van der Waals surface area (Å²) in [4.78, 5) is 26.2. The van der Waals surface area contributed by atoms with Crippen LogP contribution in [-0.2, 0) is 13.1 Å². The summed E-state index contributed by atoms with van der Waals surface area (Å²) < 4.78 is 2.07. The molecule has 0 fully saturated rings. The molecule has 1 aliphatic heterocycles. The molecule has 1 aromatic heterocycles. The van der Waals surface area contributed by atoms with Crippen LogP contribution >= 0.6 is 0 Å². The largest absolute Gasteiger partial charge is 0.347 e. The van der Waals surface area contributed by atoms with E-state index in [2.05, 4.69) is 16.7 Å². The number of hydrogen-bond acceptors (Lipinski definition) is 2. The lowest BCUT2D eigenvalue weighted by Crippen LogP contribution is -2.37. The molecule has 4 heteroatoms. The second-order valence-corrected chi connectivity index (χ2v) is 6.64. The summed E-state index contributed by atoms with van der Waals surface area (Å²) in [6.45, 7) is 3.47. The fourth-order valence-corrected chi connectivity index (χ4v) is 3.38. The minimum Gasteiger partial charge on any atom is -0.347 e. The second kappa shape index (κ2) is 6.64. The van der Waals surface area contributed by atoms with E-state index in [0.717, 1.165) is 23.4 Å². The quantitative estimate of drug-likeness (QED) is 0.674. The first-order chi connectivity index (χ1) is 12.6. The molecule has 130 valence electrons. The SMILES string of the molecule is CC(=O)c1cc2n(c1)CCN(C(=O)c1ccc(-c3ccccc3)cc1)C2. The summed E-state index contributed by atoms with van der Waals surface area (Å²) in [6, 6.07) is 19.8. The van der Waals surface area contributed by atoms with E-state index in [9.17, 15) is 9.59 Å². The first-order valence-electron chi connectivity index (χ1n) is 8.76. The first-order valence-corrected chi connectivity index (χ1v) is 8.76. The molecule has 1 amide bonds. The van der Waals surface area contributed by atoms with Gasteiger partial charge in [0, 0.05) is 36.1 Å². The smallest absolute Gasteiger partial charge is 0.254 e. The van der Waals surface area contributed by atoms with Crippen molar-refractivity contribution >= 4 is 11.7 Å². The van der Waals surface area contributed by atoms with Crippen LogP contribution in [0.4, 0.5) is 0 Å². The molecule has 4 nitrogen and oxygen atoms in total. The number of hydrogen-bond donors (Lipinski definition) is 0. The molecule has 3 aromatic rings. The van der Waals surface area contributed by atoms with Crippen LogP contribution in [0.1, 0.15) is 33.3 Å². The Balaban J connectivity index is 1.52. The number of aromatic nitrogens is 1. The van der Waals surface area contributed by atoms with E-state index in [1.165, 1.54) is 0 Å². The molecule has 26 heavy (non-hydrogen) atoms. The Labute approximate surface area is 152 Å². The lowest BCUT2D eigenvalue weighted by Gasteiger charge is -2.28. The van der Waals surface area contributed by atoms with Crippen molar-refractivity contribution in [2.75, 3.05) is 6.54 Å². The van der Waals surface area contributed by atoms with E-state index in [1.54, 1.807) is 6.92 Å². The van der Waals surface area contributed by atoms with Gasteiger partial charge in [0.1, 0.15) is 0 Å². The summed E-state index contributed by atoms with van der Waals surface area (Å²) >= 11 is 0. The van der Waals surface area contributed by atoms with Crippen LogP contribution in [0, 0.1) is 0 Å². The first kappa shape index (κ1) is 16.3. The zero-order valence-electron chi connectivity index (χ0n) is 14.7. The summed E-state index contributed by atoms with van der Waals surface area (Å²) in [6.07, 6.45) is 1.88. The minimum atomic E-state index is 0.0291. The molecule has 0 aliphatic carbocycles. The van der Waals surface area contributed by atoms with E-state index < -0.39 is 0 Å². The molecule has 0 radical (unpaired) electrons. The number of ketones is 1. The van der Waals surface area contributed by atoms with Crippen LogP contribution in [-0.4, -0.2) is 27.7 Å². The number of nitrogens with zero attached hydrogens (tertiary/aromatic N) is 2. The van der Waals surface area contributed by atoms with E-state index in [4.69, 9.17) is 0 Å². The van der Waals surface area contributed by atoms with E-state index >= 15 is 0 Å². The third-order valence-corrected chi connectivity index (χ3v) is 4.88. The molecule has 0 bridgehead atoms. The van der Waals surface area contributed by atoms with Gasteiger partial charge in [0.05, 0.1) is 6.54 Å². The third kappa shape index (κ3) is 3.06. The van der Waals surface area contributed by atoms with Gasteiger partial charge in [-0.25, -0.2) is 0 Å². The molecule has 0 atom stereocenters. The Kier molecular flexibility index (Phi) is 4.17. The molecule has 0 saturated heterocycles. The molecular formula is C22H20N2O2. The normalized spacial score (nSPS) is 13.3. The van der Waals surface area contributed by atoms with Crippen LogP contribution < -0.4 is 0 Å². The number of fused-ring (bicyclic) bond motifs is 1. The predicted octanol–water partition coefficient (Wildman–Crippen LogP) is 4.01. The van der Waals surface area contributed by atoms with Crippen molar-refractivity contribution in [3.05, 3.63) is 83.7 Å². The highest BCUT2D eigenvalue weighted by molar-refractivity contribution is 5.95. The van der Waals surface area contributed by atoms with Crippen molar-refractivity contribution in [1.82, 2.24) is 9.47 Å². The van der Waals surface area contributed by atoms with Gasteiger partial charge >= 0.3 is 0 Å².